The van der Waals surface area contributed by atoms with E-state index in [4.69, 9.17) is 14.2 Å². The van der Waals surface area contributed by atoms with Crippen LogP contribution in [0, 0.1) is 6.92 Å². The molecule has 1 aromatic rings. The fourth-order valence-corrected chi connectivity index (χ4v) is 1.99. The fourth-order valence-electron chi connectivity index (χ4n) is 1.80. The molecule has 0 saturated heterocycles. The molecule has 1 atom stereocenters. The summed E-state index contributed by atoms with van der Waals surface area (Å²) in [6.07, 6.45) is -0.401. The van der Waals surface area contributed by atoms with E-state index in [-0.39, 0.29) is 19.8 Å². The molecule has 0 radical (unpaired) electrons. The van der Waals surface area contributed by atoms with Gasteiger partial charge in [0.25, 0.3) is 0 Å². The number of rotatable bonds is 8. The van der Waals surface area contributed by atoms with Crippen molar-refractivity contribution in [2.75, 3.05) is 26.0 Å². The number of nitrogens with one attached hydrogen (secondary N) is 2. The highest BCUT2D eigenvalue weighted by Gasteiger charge is 2.18. The molecule has 0 fully saturated rings. The average Bonchev–Trinajstić information content (AvgIpc) is 2.63. The van der Waals surface area contributed by atoms with E-state index in [1.54, 1.807) is 6.92 Å². The minimum atomic E-state index is -0.710. The van der Waals surface area contributed by atoms with Gasteiger partial charge in [-0.25, -0.2) is 9.59 Å². The molecule has 0 aliphatic carbocycles. The highest BCUT2D eigenvalue weighted by Crippen LogP contribution is 2.27. The van der Waals surface area contributed by atoms with Gasteiger partial charge in [0, 0.05) is 36.7 Å². The Kier molecular flexibility index (Phi) is 9.00. The lowest BCUT2D eigenvalue weighted by Gasteiger charge is -2.18. The number of halogens is 1. The largest absolute Gasteiger partial charge is 0.489 e. The highest BCUT2D eigenvalue weighted by atomic mass is 79.9. The maximum absolute atomic E-state index is 11.4. The summed E-state index contributed by atoms with van der Waals surface area (Å²) >= 11 is 3.16. The molecule has 2 amide bonds. The molecule has 0 aliphatic rings. The molecule has 25 heavy (non-hydrogen) atoms. The monoisotopic (exact) mass is 419 g/mol. The van der Waals surface area contributed by atoms with E-state index in [9.17, 15) is 14.7 Å². The van der Waals surface area contributed by atoms with Crippen molar-refractivity contribution in [2.45, 2.75) is 26.2 Å². The van der Waals surface area contributed by atoms with Crippen LogP contribution in [-0.4, -0.2) is 54.4 Å². The lowest BCUT2D eigenvalue weighted by Crippen LogP contribution is -2.23. The number of ether oxygens (including phenoxy) is 3. The number of aryl methyl sites for hydroxylation is 1. The SMILES string of the molecule is CNC(=O)OCc1cnc(C)c(OCC(O)CBr)c1COC(=O)NC. The van der Waals surface area contributed by atoms with Crippen molar-refractivity contribution in [2.24, 2.45) is 0 Å². The van der Waals surface area contributed by atoms with Crippen molar-refractivity contribution in [1.29, 1.82) is 0 Å². The number of carbonyl (C=O) groups is 2. The Morgan fingerprint density at radius 2 is 1.84 bits per heavy atom. The van der Waals surface area contributed by atoms with Crippen LogP contribution in [0.1, 0.15) is 16.8 Å². The summed E-state index contributed by atoms with van der Waals surface area (Å²) in [4.78, 5) is 26.9. The molecule has 1 rings (SSSR count). The van der Waals surface area contributed by atoms with Crippen molar-refractivity contribution < 1.29 is 28.9 Å². The van der Waals surface area contributed by atoms with E-state index in [0.717, 1.165) is 0 Å². The second-order valence-corrected chi connectivity index (χ2v) is 5.60. The van der Waals surface area contributed by atoms with Gasteiger partial charge < -0.3 is 30.0 Å². The first-order chi connectivity index (χ1) is 11.9. The zero-order chi connectivity index (χ0) is 18.8. The van der Waals surface area contributed by atoms with Crippen LogP contribution in [0.2, 0.25) is 0 Å². The molecule has 1 heterocycles. The van der Waals surface area contributed by atoms with Gasteiger partial charge in [0.1, 0.15) is 25.6 Å². The molecule has 3 N–H and O–H groups in total. The smallest absolute Gasteiger partial charge is 0.407 e. The Morgan fingerprint density at radius 3 is 2.40 bits per heavy atom. The average molecular weight is 420 g/mol. The summed E-state index contributed by atoms with van der Waals surface area (Å²) in [6.45, 7) is 1.58. The van der Waals surface area contributed by atoms with Crippen molar-refractivity contribution >= 4 is 28.1 Å². The number of aliphatic hydroxyl groups is 1. The quantitative estimate of drug-likeness (QED) is 0.542. The van der Waals surface area contributed by atoms with Crippen molar-refractivity contribution in [3.8, 4) is 5.75 Å². The van der Waals surface area contributed by atoms with E-state index in [1.807, 2.05) is 0 Å². The standard InChI is InChI=1S/C15H22BrN3O6/c1-9-13(23-7-11(20)4-16)12(8-25-15(22)18-3)10(5-19-9)6-24-14(21)17-2/h5,11,20H,4,6-8H2,1-3H3,(H,17,21)(H,18,22). The minimum Gasteiger partial charge on any atom is -0.489 e. The third-order valence-corrected chi connectivity index (χ3v) is 3.86. The number of aliphatic hydroxyl groups excluding tert-OH is 1. The van der Waals surface area contributed by atoms with Crippen LogP contribution in [0.5, 0.6) is 5.75 Å². The molecule has 0 aliphatic heterocycles. The summed E-state index contributed by atoms with van der Waals surface area (Å²) in [5.74, 6) is 0.377. The number of alkyl carbamates (subject to hydrolysis) is 2. The molecular formula is C15H22BrN3O6. The van der Waals surface area contributed by atoms with Gasteiger partial charge in [-0.3, -0.25) is 4.98 Å². The Labute approximate surface area is 154 Å². The molecule has 1 aromatic heterocycles. The minimum absolute atomic E-state index is 0.0283. The Morgan fingerprint density at radius 1 is 1.24 bits per heavy atom. The number of alkyl halides is 1. The zero-order valence-corrected chi connectivity index (χ0v) is 15.9. The van der Waals surface area contributed by atoms with E-state index in [1.165, 1.54) is 20.3 Å². The summed E-state index contributed by atoms with van der Waals surface area (Å²) in [6, 6.07) is 0. The zero-order valence-electron chi connectivity index (χ0n) is 14.3. The van der Waals surface area contributed by atoms with E-state index >= 15 is 0 Å². The molecule has 10 heteroatoms. The Balaban J connectivity index is 3.07. The first-order valence-electron chi connectivity index (χ1n) is 7.46. The number of amides is 2. The van der Waals surface area contributed by atoms with E-state index in [2.05, 4.69) is 31.5 Å². The predicted molar refractivity (Wildman–Crippen MR) is 92.8 cm³/mol. The van der Waals surface area contributed by atoms with Crippen molar-refractivity contribution in [3.63, 3.8) is 0 Å². The third-order valence-electron chi connectivity index (χ3n) is 3.12. The Hall–Kier alpha value is -2.07. The number of hydrogen-bond acceptors (Lipinski definition) is 7. The molecular weight excluding hydrogens is 398 g/mol. The van der Waals surface area contributed by atoms with Gasteiger partial charge in [0.15, 0.2) is 0 Å². The lowest BCUT2D eigenvalue weighted by molar-refractivity contribution is 0.118. The van der Waals surface area contributed by atoms with Crippen molar-refractivity contribution in [3.05, 3.63) is 23.0 Å². The fraction of sp³-hybridized carbons (Fsp3) is 0.533. The van der Waals surface area contributed by atoms with Crippen molar-refractivity contribution in [1.82, 2.24) is 15.6 Å². The number of carbonyl (C=O) groups excluding carboxylic acids is 2. The summed E-state index contributed by atoms with van der Waals surface area (Å²) in [7, 11) is 2.89. The molecule has 1 unspecified atom stereocenters. The van der Waals surface area contributed by atoms with Gasteiger partial charge in [-0.1, -0.05) is 15.9 Å². The summed E-state index contributed by atoms with van der Waals surface area (Å²) < 4.78 is 15.8. The summed E-state index contributed by atoms with van der Waals surface area (Å²) in [5, 5.41) is 14.7. The third kappa shape index (κ3) is 6.75. The molecule has 9 nitrogen and oxygen atoms in total. The van der Waals surface area contributed by atoms with Crippen LogP contribution in [-0.2, 0) is 22.7 Å². The van der Waals surface area contributed by atoms with Crippen LogP contribution in [0.25, 0.3) is 0 Å². The van der Waals surface area contributed by atoms with E-state index in [0.29, 0.717) is 27.9 Å². The van der Waals surface area contributed by atoms with Gasteiger partial charge in [-0.15, -0.1) is 0 Å². The molecule has 0 aromatic carbocycles. The van der Waals surface area contributed by atoms with Crippen LogP contribution in [0.3, 0.4) is 0 Å². The highest BCUT2D eigenvalue weighted by molar-refractivity contribution is 9.09. The second kappa shape index (κ2) is 10.7. The van der Waals surface area contributed by atoms with Crippen LogP contribution in [0.4, 0.5) is 9.59 Å². The lowest BCUT2D eigenvalue weighted by atomic mass is 10.1. The normalized spacial score (nSPS) is 11.4. The number of pyridine rings is 1. The maximum atomic E-state index is 11.4. The van der Waals surface area contributed by atoms with Crippen LogP contribution < -0.4 is 15.4 Å². The van der Waals surface area contributed by atoms with E-state index < -0.39 is 18.3 Å². The first-order valence-corrected chi connectivity index (χ1v) is 8.58. The van der Waals surface area contributed by atoms with Crippen LogP contribution >= 0.6 is 15.9 Å². The second-order valence-electron chi connectivity index (χ2n) is 4.95. The van der Waals surface area contributed by atoms with Gasteiger partial charge in [-0.2, -0.15) is 0 Å². The number of aromatic nitrogens is 1. The van der Waals surface area contributed by atoms with Gasteiger partial charge in [0.05, 0.1) is 11.8 Å². The molecule has 0 spiro atoms. The summed E-state index contributed by atoms with van der Waals surface area (Å²) in [5.41, 5.74) is 1.60. The topological polar surface area (TPSA) is 119 Å². The number of nitrogens with zero attached hydrogens (tertiary/aromatic N) is 1. The molecule has 140 valence electrons. The van der Waals surface area contributed by atoms with Crippen LogP contribution in [0.15, 0.2) is 6.20 Å². The van der Waals surface area contributed by atoms with Gasteiger partial charge >= 0.3 is 12.2 Å². The maximum Gasteiger partial charge on any atom is 0.407 e. The first kappa shape index (κ1) is 21.0. The predicted octanol–water partition coefficient (Wildman–Crippen LogP) is 1.24. The molecule has 0 saturated carbocycles. The Bertz CT molecular complexity index is 599. The van der Waals surface area contributed by atoms with Gasteiger partial charge in [-0.05, 0) is 6.92 Å². The molecule has 0 bridgehead atoms. The number of hydrogen-bond donors (Lipinski definition) is 3. The van der Waals surface area contributed by atoms with Gasteiger partial charge in [0.2, 0.25) is 0 Å².